The minimum Gasteiger partial charge on any atom is -0.493 e. The number of aromatic hydroxyl groups is 1. The molecule has 0 fully saturated rings. The Hall–Kier alpha value is -3.15. The second-order valence-electron chi connectivity index (χ2n) is 7.02. The van der Waals surface area contributed by atoms with Crippen molar-refractivity contribution in [1.29, 1.82) is 0 Å². The number of rotatable bonds is 4. The number of aromatic amines is 1. The summed E-state index contributed by atoms with van der Waals surface area (Å²) in [6.45, 7) is 6.17. The predicted molar refractivity (Wildman–Crippen MR) is 100 cm³/mol. The number of nitrogens with one attached hydrogen (secondary N) is 1. The fourth-order valence-electron chi connectivity index (χ4n) is 2.55. The lowest BCUT2D eigenvalue weighted by Crippen LogP contribution is -2.11. The van der Waals surface area contributed by atoms with Gasteiger partial charge in [-0.1, -0.05) is 51.1 Å². The van der Waals surface area contributed by atoms with Gasteiger partial charge in [0.05, 0.1) is 5.52 Å². The van der Waals surface area contributed by atoms with Crippen LogP contribution in [0.4, 0.5) is 5.69 Å². The molecular weight excluding hydrogens is 330 g/mol. The maximum absolute atomic E-state index is 11.9. The van der Waals surface area contributed by atoms with Crippen LogP contribution >= 0.6 is 0 Å². The standard InChI is InChI=1S/C20H21N3O3/c1-20(2,3)13-8-10-14(11-9-13)26-12-17(24)22-23-18-15-6-4-5-7-16(15)21-19(18)25/h4-11,21,25H,12H2,1-3H3. The molecule has 0 saturated carbocycles. The van der Waals surface area contributed by atoms with Gasteiger partial charge in [-0.25, -0.2) is 0 Å². The first-order valence-corrected chi connectivity index (χ1v) is 8.32. The number of fused-ring (bicyclic) bond motifs is 1. The summed E-state index contributed by atoms with van der Waals surface area (Å²) in [5.41, 5.74) is 2.21. The predicted octanol–water partition coefficient (Wildman–Crippen LogP) is 4.86. The zero-order chi connectivity index (χ0) is 18.7. The van der Waals surface area contributed by atoms with E-state index in [1.807, 2.05) is 36.4 Å². The average Bonchev–Trinajstić information content (AvgIpc) is 2.93. The Morgan fingerprint density at radius 1 is 1.12 bits per heavy atom. The van der Waals surface area contributed by atoms with Gasteiger partial charge in [-0.2, -0.15) is 0 Å². The molecule has 26 heavy (non-hydrogen) atoms. The maximum atomic E-state index is 11.9. The van der Waals surface area contributed by atoms with Crippen molar-refractivity contribution in [2.45, 2.75) is 26.2 Å². The zero-order valence-electron chi connectivity index (χ0n) is 15.0. The van der Waals surface area contributed by atoms with Crippen LogP contribution in [-0.2, 0) is 10.2 Å². The highest BCUT2D eigenvalue weighted by molar-refractivity contribution is 5.94. The van der Waals surface area contributed by atoms with Crippen molar-refractivity contribution in [2.24, 2.45) is 10.2 Å². The summed E-state index contributed by atoms with van der Waals surface area (Å²) in [4.78, 5) is 14.7. The lowest BCUT2D eigenvalue weighted by atomic mass is 9.87. The molecule has 0 atom stereocenters. The van der Waals surface area contributed by atoms with Gasteiger partial charge in [0, 0.05) is 5.39 Å². The maximum Gasteiger partial charge on any atom is 0.302 e. The van der Waals surface area contributed by atoms with Gasteiger partial charge in [0.25, 0.3) is 0 Å². The van der Waals surface area contributed by atoms with Crippen LogP contribution in [0.25, 0.3) is 10.9 Å². The second kappa shape index (κ2) is 7.00. The molecule has 6 heteroatoms. The van der Waals surface area contributed by atoms with Gasteiger partial charge < -0.3 is 14.8 Å². The van der Waals surface area contributed by atoms with E-state index in [1.54, 1.807) is 12.1 Å². The number of azo groups is 1. The van der Waals surface area contributed by atoms with Crippen LogP contribution in [0.3, 0.4) is 0 Å². The Labute approximate surface area is 151 Å². The van der Waals surface area contributed by atoms with Gasteiger partial charge in [0.1, 0.15) is 5.75 Å². The fraction of sp³-hybridized carbons (Fsp3) is 0.250. The number of benzene rings is 2. The van der Waals surface area contributed by atoms with E-state index in [2.05, 4.69) is 36.0 Å². The molecule has 134 valence electrons. The molecule has 1 aromatic heterocycles. The molecule has 1 heterocycles. The zero-order valence-corrected chi connectivity index (χ0v) is 15.0. The van der Waals surface area contributed by atoms with Crippen LogP contribution < -0.4 is 4.74 Å². The van der Waals surface area contributed by atoms with Gasteiger partial charge in [-0.3, -0.25) is 4.79 Å². The molecule has 0 bridgehead atoms. The van der Waals surface area contributed by atoms with Crippen LogP contribution in [0.15, 0.2) is 58.8 Å². The molecule has 3 rings (SSSR count). The van der Waals surface area contributed by atoms with Crippen molar-refractivity contribution in [3.05, 3.63) is 54.1 Å². The number of para-hydroxylation sites is 1. The first-order valence-electron chi connectivity index (χ1n) is 8.32. The molecule has 0 saturated heterocycles. The van der Waals surface area contributed by atoms with Crippen molar-refractivity contribution < 1.29 is 14.6 Å². The summed E-state index contributed by atoms with van der Waals surface area (Å²) in [6, 6.07) is 14.9. The molecule has 6 nitrogen and oxygen atoms in total. The highest BCUT2D eigenvalue weighted by atomic mass is 16.5. The Morgan fingerprint density at radius 3 is 2.50 bits per heavy atom. The fourth-order valence-corrected chi connectivity index (χ4v) is 2.55. The molecule has 0 spiro atoms. The summed E-state index contributed by atoms with van der Waals surface area (Å²) in [6.07, 6.45) is 0. The van der Waals surface area contributed by atoms with Crippen LogP contribution in [0.1, 0.15) is 26.3 Å². The number of ether oxygens (including phenoxy) is 1. The van der Waals surface area contributed by atoms with Crippen molar-refractivity contribution in [3.8, 4) is 11.6 Å². The molecule has 0 aliphatic carbocycles. The third kappa shape index (κ3) is 3.91. The summed E-state index contributed by atoms with van der Waals surface area (Å²) in [5.74, 6) is -0.0625. The number of nitrogens with zero attached hydrogens (tertiary/aromatic N) is 2. The molecule has 0 radical (unpaired) electrons. The van der Waals surface area contributed by atoms with Gasteiger partial charge in [-0.05, 0) is 29.2 Å². The summed E-state index contributed by atoms with van der Waals surface area (Å²) >= 11 is 0. The third-order valence-electron chi connectivity index (χ3n) is 4.00. The van der Waals surface area contributed by atoms with E-state index in [9.17, 15) is 9.90 Å². The van der Waals surface area contributed by atoms with Gasteiger partial charge in [-0.15, -0.1) is 10.2 Å². The number of carbonyl (C=O) groups excluding carboxylic acids is 1. The van der Waals surface area contributed by atoms with E-state index in [0.29, 0.717) is 11.1 Å². The number of hydrogen-bond acceptors (Lipinski definition) is 4. The molecule has 2 aromatic carbocycles. The molecule has 0 unspecified atom stereocenters. The molecule has 2 N–H and O–H groups in total. The van der Waals surface area contributed by atoms with E-state index >= 15 is 0 Å². The van der Waals surface area contributed by atoms with Crippen molar-refractivity contribution in [2.75, 3.05) is 6.61 Å². The van der Waals surface area contributed by atoms with Crippen LogP contribution in [0, 0.1) is 0 Å². The minimum absolute atomic E-state index is 0.0594. The van der Waals surface area contributed by atoms with Crippen molar-refractivity contribution in [1.82, 2.24) is 4.98 Å². The van der Waals surface area contributed by atoms with Gasteiger partial charge in [0.2, 0.25) is 5.88 Å². The number of amides is 1. The molecule has 0 aliphatic rings. The molecule has 0 aliphatic heterocycles. The van der Waals surface area contributed by atoms with Crippen molar-refractivity contribution >= 4 is 22.5 Å². The SMILES string of the molecule is CC(C)(C)c1ccc(OCC(=O)N=Nc2c(O)[nH]c3ccccc23)cc1. The molecular formula is C20H21N3O3. The number of aromatic nitrogens is 1. The second-order valence-corrected chi connectivity index (χ2v) is 7.02. The Balaban J connectivity index is 1.63. The first kappa shape index (κ1) is 17.7. The monoisotopic (exact) mass is 351 g/mol. The van der Waals surface area contributed by atoms with E-state index in [1.165, 1.54) is 5.56 Å². The Kier molecular flexibility index (Phi) is 4.75. The summed E-state index contributed by atoms with van der Waals surface area (Å²) in [7, 11) is 0. The quantitative estimate of drug-likeness (QED) is 0.658. The minimum atomic E-state index is -0.533. The smallest absolute Gasteiger partial charge is 0.302 e. The van der Waals surface area contributed by atoms with Gasteiger partial charge >= 0.3 is 5.91 Å². The van der Waals surface area contributed by atoms with E-state index < -0.39 is 5.91 Å². The number of carbonyl (C=O) groups is 1. The van der Waals surface area contributed by atoms with Crippen LogP contribution in [0.2, 0.25) is 0 Å². The Morgan fingerprint density at radius 2 is 1.81 bits per heavy atom. The van der Waals surface area contributed by atoms with Crippen molar-refractivity contribution in [3.63, 3.8) is 0 Å². The van der Waals surface area contributed by atoms with Crippen LogP contribution in [0.5, 0.6) is 11.6 Å². The first-order chi connectivity index (χ1) is 12.3. The Bertz CT molecular complexity index is 951. The number of H-pyrrole nitrogens is 1. The highest BCUT2D eigenvalue weighted by Gasteiger charge is 2.13. The average molecular weight is 351 g/mol. The topological polar surface area (TPSA) is 87.0 Å². The largest absolute Gasteiger partial charge is 0.493 e. The van der Waals surface area contributed by atoms with E-state index in [4.69, 9.17) is 4.74 Å². The molecule has 1 amide bonds. The number of hydrogen-bond donors (Lipinski definition) is 2. The normalized spacial score (nSPS) is 12.0. The third-order valence-corrected chi connectivity index (χ3v) is 4.00. The van der Waals surface area contributed by atoms with Gasteiger partial charge in [0.15, 0.2) is 12.3 Å². The lowest BCUT2D eigenvalue weighted by molar-refractivity contribution is -0.120. The highest BCUT2D eigenvalue weighted by Crippen LogP contribution is 2.35. The lowest BCUT2D eigenvalue weighted by Gasteiger charge is -2.19. The van der Waals surface area contributed by atoms with E-state index in [0.717, 1.165) is 5.52 Å². The summed E-state index contributed by atoms with van der Waals surface area (Å²) < 4.78 is 5.45. The van der Waals surface area contributed by atoms with Crippen LogP contribution in [-0.4, -0.2) is 22.6 Å². The van der Waals surface area contributed by atoms with E-state index in [-0.39, 0.29) is 23.6 Å². The molecule has 3 aromatic rings. The summed E-state index contributed by atoms with van der Waals surface area (Å²) in [5, 5.41) is 18.1.